The minimum atomic E-state index is -1.52. The van der Waals surface area contributed by atoms with Gasteiger partial charge in [0.05, 0.1) is 0 Å². The minimum absolute atomic E-state index is 0. The van der Waals surface area contributed by atoms with E-state index in [-0.39, 0.29) is 29.6 Å². The molecule has 0 heterocycles. The van der Waals surface area contributed by atoms with Crippen LogP contribution in [0.25, 0.3) is 0 Å². The average Bonchev–Trinajstić information content (AvgIpc) is 1.38. The van der Waals surface area contributed by atoms with Crippen LogP contribution in [0.5, 0.6) is 0 Å². The molecule has 5 heteroatoms. The standard InChI is InChI=1S/CH4O3S.Na.H/c1-5(3)4-2;;/h2H,1H3;;. The van der Waals surface area contributed by atoms with Gasteiger partial charge in [0.25, 0.3) is 0 Å². The van der Waals surface area contributed by atoms with E-state index in [1.54, 1.807) is 0 Å². The molecule has 0 aromatic carbocycles. The van der Waals surface area contributed by atoms with Crippen molar-refractivity contribution in [3.05, 3.63) is 0 Å². The molecule has 1 atom stereocenters. The Balaban J connectivity index is 0. The van der Waals surface area contributed by atoms with Crippen LogP contribution >= 0.6 is 0 Å². The zero-order valence-electron chi connectivity index (χ0n) is 2.67. The van der Waals surface area contributed by atoms with Crippen LogP contribution in [0.3, 0.4) is 0 Å². The second-order valence-corrected chi connectivity index (χ2v) is 1.43. The predicted octanol–water partition coefficient (Wildman–Crippen LogP) is -0.879. The molecule has 1 N–H and O–H groups in total. The van der Waals surface area contributed by atoms with Gasteiger partial charge in [-0.05, 0) is 0 Å². The van der Waals surface area contributed by atoms with Crippen LogP contribution in [0.15, 0.2) is 0 Å². The van der Waals surface area contributed by atoms with E-state index >= 15 is 0 Å². The maximum atomic E-state index is 9.45. The van der Waals surface area contributed by atoms with Gasteiger partial charge in [0.15, 0.2) is 11.1 Å². The van der Waals surface area contributed by atoms with Gasteiger partial charge in [0.2, 0.25) is 0 Å². The van der Waals surface area contributed by atoms with Gasteiger partial charge in [-0.2, -0.15) is 0 Å². The second-order valence-electron chi connectivity index (χ2n) is 0.476. The fourth-order valence-electron chi connectivity index (χ4n) is 0. The third-order valence-corrected chi connectivity index (χ3v) is 0.315. The first kappa shape index (κ1) is 10.1. The van der Waals surface area contributed by atoms with E-state index in [1.165, 1.54) is 6.26 Å². The Hall–Kier alpha value is 1.07. The van der Waals surface area contributed by atoms with Crippen molar-refractivity contribution in [3.63, 3.8) is 0 Å². The van der Waals surface area contributed by atoms with E-state index in [1.807, 2.05) is 0 Å². The Labute approximate surface area is 60.6 Å². The molecule has 0 amide bonds. The first-order chi connectivity index (χ1) is 2.27. The van der Waals surface area contributed by atoms with Crippen molar-refractivity contribution in [2.75, 3.05) is 6.26 Å². The monoisotopic (exact) mass is 120 g/mol. The van der Waals surface area contributed by atoms with E-state index in [0.717, 1.165) is 0 Å². The maximum absolute atomic E-state index is 9.45. The molecule has 0 spiro atoms. The molecule has 34 valence electrons. The van der Waals surface area contributed by atoms with Gasteiger partial charge in [-0.3, -0.25) is 0 Å². The molecule has 0 aromatic rings. The Morgan fingerprint density at radius 3 is 2.00 bits per heavy atom. The van der Waals surface area contributed by atoms with Crippen LogP contribution in [-0.4, -0.2) is 45.3 Å². The molecule has 0 saturated carbocycles. The summed E-state index contributed by atoms with van der Waals surface area (Å²) in [5.74, 6) is 0. The predicted molar refractivity (Wildman–Crippen MR) is 24.9 cm³/mol. The first-order valence-electron chi connectivity index (χ1n) is 0.924. The molecular weight excluding hydrogens is 115 g/mol. The molecule has 0 bridgehead atoms. The zero-order valence-corrected chi connectivity index (χ0v) is 3.49. The molecule has 0 fully saturated rings. The summed E-state index contributed by atoms with van der Waals surface area (Å²) in [6.45, 7) is 0. The van der Waals surface area contributed by atoms with Crippen LogP contribution in [0.2, 0.25) is 0 Å². The van der Waals surface area contributed by atoms with Gasteiger partial charge < -0.3 is 0 Å². The van der Waals surface area contributed by atoms with Crippen molar-refractivity contribution in [3.8, 4) is 0 Å². The summed E-state index contributed by atoms with van der Waals surface area (Å²) in [6, 6.07) is 0. The SMILES string of the molecule is CS(=O)OO.[NaH]. The Morgan fingerprint density at radius 1 is 1.83 bits per heavy atom. The number of hydrogen-bond acceptors (Lipinski definition) is 3. The van der Waals surface area contributed by atoms with E-state index in [4.69, 9.17) is 5.26 Å². The van der Waals surface area contributed by atoms with Gasteiger partial charge >= 0.3 is 29.6 Å². The normalized spacial score (nSPS) is 12.3. The van der Waals surface area contributed by atoms with Crippen LogP contribution in [0, 0.1) is 0 Å². The molecule has 0 aliphatic rings. The molecule has 1 unspecified atom stereocenters. The molecule has 6 heavy (non-hydrogen) atoms. The molecule has 0 radical (unpaired) electrons. The van der Waals surface area contributed by atoms with E-state index in [0.29, 0.717) is 0 Å². The molecule has 0 rings (SSSR count). The van der Waals surface area contributed by atoms with Gasteiger partial charge in [-0.1, -0.05) is 0 Å². The molecular formula is CH5NaO3S. The summed E-state index contributed by atoms with van der Waals surface area (Å²) >= 11 is -1.52. The molecule has 0 saturated heterocycles. The molecule has 0 aliphatic carbocycles. The summed E-state index contributed by atoms with van der Waals surface area (Å²) in [4.78, 5) is 0. The fourth-order valence-corrected chi connectivity index (χ4v) is 0. The van der Waals surface area contributed by atoms with E-state index in [2.05, 4.69) is 4.33 Å². The van der Waals surface area contributed by atoms with Crippen molar-refractivity contribution in [2.45, 2.75) is 0 Å². The second kappa shape index (κ2) is 6.07. The summed E-state index contributed by atoms with van der Waals surface area (Å²) in [7, 11) is 0. The average molecular weight is 120 g/mol. The van der Waals surface area contributed by atoms with Crippen LogP contribution in [0.1, 0.15) is 0 Å². The van der Waals surface area contributed by atoms with E-state index in [9.17, 15) is 4.21 Å². The van der Waals surface area contributed by atoms with E-state index < -0.39 is 11.1 Å². The molecule has 0 aliphatic heterocycles. The third kappa shape index (κ3) is 8.91. The van der Waals surface area contributed by atoms with Gasteiger partial charge in [0.1, 0.15) is 0 Å². The fraction of sp³-hybridized carbons (Fsp3) is 1.00. The first-order valence-corrected chi connectivity index (χ1v) is 2.41. The summed E-state index contributed by atoms with van der Waals surface area (Å²) in [6.07, 6.45) is 1.22. The van der Waals surface area contributed by atoms with Crippen molar-refractivity contribution >= 4 is 40.6 Å². The Morgan fingerprint density at radius 2 is 2.00 bits per heavy atom. The topological polar surface area (TPSA) is 46.5 Å². The number of hydrogen-bond donors (Lipinski definition) is 1. The van der Waals surface area contributed by atoms with Gasteiger partial charge in [-0.15, -0.1) is 4.33 Å². The quantitative estimate of drug-likeness (QED) is 0.278. The van der Waals surface area contributed by atoms with Crippen LogP contribution in [0.4, 0.5) is 0 Å². The summed E-state index contributed by atoms with van der Waals surface area (Å²) < 4.78 is 12.7. The number of rotatable bonds is 1. The van der Waals surface area contributed by atoms with Crippen molar-refractivity contribution in [1.82, 2.24) is 0 Å². The molecule has 3 nitrogen and oxygen atoms in total. The molecule has 0 aromatic heterocycles. The summed E-state index contributed by atoms with van der Waals surface area (Å²) in [5, 5.41) is 7.34. The van der Waals surface area contributed by atoms with Crippen LogP contribution in [-0.2, 0) is 15.4 Å². The Bertz CT molecular complexity index is 46.1. The van der Waals surface area contributed by atoms with Gasteiger partial charge in [0, 0.05) is 6.26 Å². The summed E-state index contributed by atoms with van der Waals surface area (Å²) in [5.41, 5.74) is 0. The van der Waals surface area contributed by atoms with Crippen molar-refractivity contribution < 1.29 is 13.8 Å². The third-order valence-electron chi connectivity index (χ3n) is 0.105. The van der Waals surface area contributed by atoms with Crippen LogP contribution < -0.4 is 0 Å². The Kier molecular flexibility index (Phi) is 10.3. The van der Waals surface area contributed by atoms with Crippen molar-refractivity contribution in [2.24, 2.45) is 0 Å². The van der Waals surface area contributed by atoms with Gasteiger partial charge in [-0.25, -0.2) is 9.47 Å². The van der Waals surface area contributed by atoms with Crippen molar-refractivity contribution in [1.29, 1.82) is 0 Å². The zero-order chi connectivity index (χ0) is 4.28.